The lowest BCUT2D eigenvalue weighted by Crippen LogP contribution is -2.54. The van der Waals surface area contributed by atoms with Crippen molar-refractivity contribution < 1.29 is 17.7 Å². The summed E-state index contributed by atoms with van der Waals surface area (Å²) < 4.78 is 32.5. The molecule has 1 N–H and O–H groups in total. The Labute approximate surface area is 165 Å². The van der Waals surface area contributed by atoms with Crippen LogP contribution in [0, 0.1) is 20.8 Å². The Bertz CT molecular complexity index is 962. The highest BCUT2D eigenvalue weighted by Crippen LogP contribution is 2.22. The lowest BCUT2D eigenvalue weighted by Gasteiger charge is -2.36. The fourth-order valence-electron chi connectivity index (χ4n) is 3.37. The molecule has 8 nitrogen and oxygen atoms in total. The predicted octanol–water partition coefficient (Wildman–Crippen LogP) is 1.93. The molecule has 152 valence electrons. The molecule has 2 aromatic rings. The summed E-state index contributed by atoms with van der Waals surface area (Å²) in [5.41, 5.74) is 2.47. The van der Waals surface area contributed by atoms with Crippen molar-refractivity contribution in [2.45, 2.75) is 38.6 Å². The van der Waals surface area contributed by atoms with Crippen LogP contribution in [-0.4, -0.2) is 60.9 Å². The van der Waals surface area contributed by atoms with Crippen LogP contribution < -0.4 is 5.32 Å². The summed E-state index contributed by atoms with van der Waals surface area (Å²) in [5.74, 6) is 0.104. The maximum atomic E-state index is 13.0. The summed E-state index contributed by atoms with van der Waals surface area (Å²) in [6.45, 7) is 8.97. The molecule has 0 radical (unpaired) electrons. The van der Waals surface area contributed by atoms with Gasteiger partial charge in [-0.1, -0.05) is 22.9 Å². The summed E-state index contributed by atoms with van der Waals surface area (Å²) in [5, 5.41) is 6.44. The van der Waals surface area contributed by atoms with E-state index in [4.69, 9.17) is 4.52 Å². The van der Waals surface area contributed by atoms with Crippen molar-refractivity contribution >= 4 is 21.8 Å². The van der Waals surface area contributed by atoms with Gasteiger partial charge >= 0.3 is 0 Å². The van der Waals surface area contributed by atoms with Crippen LogP contribution >= 0.6 is 0 Å². The molecule has 28 heavy (non-hydrogen) atoms. The van der Waals surface area contributed by atoms with Crippen LogP contribution in [0.4, 0.5) is 5.88 Å². The van der Waals surface area contributed by atoms with Crippen LogP contribution in [0.5, 0.6) is 0 Å². The molecule has 1 aromatic carbocycles. The number of anilines is 1. The fraction of sp³-hybridized carbons (Fsp3) is 0.474. The summed E-state index contributed by atoms with van der Waals surface area (Å²) in [6.07, 6.45) is 0. The van der Waals surface area contributed by atoms with Crippen LogP contribution in [0.15, 0.2) is 33.7 Å². The van der Waals surface area contributed by atoms with Gasteiger partial charge in [-0.2, -0.15) is 4.31 Å². The number of carbonyl (C=O) groups excluding carboxylic acids is 1. The summed E-state index contributed by atoms with van der Waals surface area (Å²) in [4.78, 5) is 14.7. The average Bonchev–Trinajstić information content (AvgIpc) is 3.05. The maximum Gasteiger partial charge on any atom is 0.243 e. The molecule has 1 aromatic heterocycles. The summed E-state index contributed by atoms with van der Waals surface area (Å²) >= 11 is 0. The van der Waals surface area contributed by atoms with E-state index in [-0.39, 0.29) is 5.91 Å². The Morgan fingerprint density at radius 2 is 1.82 bits per heavy atom. The van der Waals surface area contributed by atoms with E-state index in [1.165, 1.54) is 4.31 Å². The maximum absolute atomic E-state index is 13.0. The Morgan fingerprint density at radius 3 is 2.39 bits per heavy atom. The number of amides is 1. The van der Waals surface area contributed by atoms with Crippen LogP contribution in [-0.2, 0) is 14.8 Å². The molecule has 3 rings (SSSR count). The van der Waals surface area contributed by atoms with E-state index in [0.29, 0.717) is 42.7 Å². The molecular weight excluding hydrogens is 380 g/mol. The monoisotopic (exact) mass is 406 g/mol. The Kier molecular flexibility index (Phi) is 5.87. The van der Waals surface area contributed by atoms with E-state index in [0.717, 1.165) is 11.1 Å². The molecule has 1 unspecified atom stereocenters. The zero-order valence-electron chi connectivity index (χ0n) is 16.6. The number of nitrogens with one attached hydrogen (secondary N) is 1. The Balaban J connectivity index is 1.62. The van der Waals surface area contributed by atoms with E-state index in [2.05, 4.69) is 10.5 Å². The van der Waals surface area contributed by atoms with E-state index in [1.807, 2.05) is 30.9 Å². The number of nitrogens with zero attached hydrogens (tertiary/aromatic N) is 3. The van der Waals surface area contributed by atoms with E-state index in [1.54, 1.807) is 26.0 Å². The largest absolute Gasteiger partial charge is 0.338 e. The second kappa shape index (κ2) is 8.02. The van der Waals surface area contributed by atoms with Crippen molar-refractivity contribution in [2.24, 2.45) is 0 Å². The highest BCUT2D eigenvalue weighted by Gasteiger charge is 2.32. The molecule has 1 saturated heterocycles. The van der Waals surface area contributed by atoms with Gasteiger partial charge in [0.15, 0.2) is 0 Å². The van der Waals surface area contributed by atoms with Crippen LogP contribution in [0.1, 0.15) is 23.7 Å². The summed E-state index contributed by atoms with van der Waals surface area (Å²) in [7, 11) is -3.54. The molecular formula is C19H26N4O4S. The first-order chi connectivity index (χ1) is 13.2. The normalized spacial score (nSPS) is 17.4. The third kappa shape index (κ3) is 4.26. The minimum absolute atomic E-state index is 0.207. The van der Waals surface area contributed by atoms with Crippen molar-refractivity contribution in [3.63, 3.8) is 0 Å². The highest BCUT2D eigenvalue weighted by atomic mass is 32.2. The number of benzene rings is 1. The summed E-state index contributed by atoms with van der Waals surface area (Å²) in [6, 6.07) is 6.60. The van der Waals surface area contributed by atoms with Crippen molar-refractivity contribution in [3.05, 3.63) is 41.1 Å². The molecule has 1 fully saturated rings. The number of carbonyl (C=O) groups is 1. The molecule has 0 bridgehead atoms. The van der Waals surface area contributed by atoms with Gasteiger partial charge in [-0.05, 0) is 39.3 Å². The van der Waals surface area contributed by atoms with Crippen molar-refractivity contribution in [3.8, 4) is 0 Å². The second-order valence-electron chi connectivity index (χ2n) is 7.21. The number of sulfonamides is 1. The van der Waals surface area contributed by atoms with Gasteiger partial charge in [0.05, 0.1) is 16.6 Å². The second-order valence-corrected chi connectivity index (χ2v) is 9.11. The van der Waals surface area contributed by atoms with E-state index < -0.39 is 16.1 Å². The van der Waals surface area contributed by atoms with Gasteiger partial charge in [0.1, 0.15) is 0 Å². The minimum atomic E-state index is -3.54. The molecule has 1 aliphatic heterocycles. The van der Waals surface area contributed by atoms with E-state index >= 15 is 0 Å². The molecule has 0 saturated carbocycles. The number of rotatable bonds is 5. The number of hydrogen-bond acceptors (Lipinski definition) is 6. The third-order valence-electron chi connectivity index (χ3n) is 5.02. The van der Waals surface area contributed by atoms with Crippen molar-refractivity contribution in [2.75, 3.05) is 31.5 Å². The number of piperazine rings is 1. The molecule has 9 heteroatoms. The zero-order valence-corrected chi connectivity index (χ0v) is 17.4. The van der Waals surface area contributed by atoms with Crippen LogP contribution in [0.3, 0.4) is 0 Å². The standard InChI is InChI=1S/C19H26N4O4S/c1-13-5-6-17(14(2)11-13)28(25,26)23-9-7-22(8-10-23)16(4)19(24)20-18-12-15(3)21-27-18/h5-6,11-12,16H,7-10H2,1-4H3,(H,20,24). The molecule has 0 spiro atoms. The molecule has 0 aliphatic carbocycles. The topological polar surface area (TPSA) is 95.8 Å². The van der Waals surface area contributed by atoms with Crippen molar-refractivity contribution in [1.82, 2.24) is 14.4 Å². The van der Waals surface area contributed by atoms with Crippen LogP contribution in [0.25, 0.3) is 0 Å². The number of hydrogen-bond donors (Lipinski definition) is 1. The van der Waals surface area contributed by atoms with Gasteiger partial charge in [0.2, 0.25) is 21.8 Å². The smallest absolute Gasteiger partial charge is 0.243 e. The molecule has 1 amide bonds. The molecule has 1 atom stereocenters. The zero-order chi connectivity index (χ0) is 20.5. The lowest BCUT2D eigenvalue weighted by molar-refractivity contribution is -0.121. The van der Waals surface area contributed by atoms with Gasteiger partial charge in [-0.15, -0.1) is 0 Å². The van der Waals surface area contributed by atoms with Gasteiger partial charge in [-0.25, -0.2) is 8.42 Å². The minimum Gasteiger partial charge on any atom is -0.338 e. The first-order valence-corrected chi connectivity index (χ1v) is 10.7. The average molecular weight is 407 g/mol. The van der Waals surface area contributed by atoms with Crippen LogP contribution in [0.2, 0.25) is 0 Å². The van der Waals surface area contributed by atoms with Gasteiger partial charge in [-0.3, -0.25) is 15.0 Å². The number of aryl methyl sites for hydroxylation is 3. The SMILES string of the molecule is Cc1ccc(S(=O)(=O)N2CCN(C(C)C(=O)Nc3cc(C)no3)CC2)c(C)c1. The van der Waals surface area contributed by atoms with Gasteiger partial charge < -0.3 is 4.52 Å². The first kappa shape index (κ1) is 20.5. The molecule has 1 aliphatic rings. The predicted molar refractivity (Wildman–Crippen MR) is 106 cm³/mol. The molecule has 2 heterocycles. The van der Waals surface area contributed by atoms with Crippen molar-refractivity contribution in [1.29, 1.82) is 0 Å². The first-order valence-electron chi connectivity index (χ1n) is 9.24. The van der Waals surface area contributed by atoms with Gasteiger partial charge in [0.25, 0.3) is 0 Å². The lowest BCUT2D eigenvalue weighted by atomic mass is 10.2. The number of aromatic nitrogens is 1. The quantitative estimate of drug-likeness (QED) is 0.815. The Morgan fingerprint density at radius 1 is 1.14 bits per heavy atom. The Hall–Kier alpha value is -2.23. The van der Waals surface area contributed by atoms with Gasteiger partial charge in [0, 0.05) is 32.2 Å². The fourth-order valence-corrected chi connectivity index (χ4v) is 5.00. The van der Waals surface area contributed by atoms with E-state index in [9.17, 15) is 13.2 Å². The third-order valence-corrected chi connectivity index (χ3v) is 7.08. The highest BCUT2D eigenvalue weighted by molar-refractivity contribution is 7.89.